The molecule has 2 rings (SSSR count). The first-order valence-corrected chi connectivity index (χ1v) is 6.47. The van der Waals surface area contributed by atoms with Crippen LogP contribution in [-0.4, -0.2) is 34.8 Å². The third kappa shape index (κ3) is 2.93. The molecule has 0 amide bonds. The van der Waals surface area contributed by atoms with Gasteiger partial charge in [0.05, 0.1) is 18.2 Å². The molecule has 0 saturated carbocycles. The van der Waals surface area contributed by atoms with Crippen molar-refractivity contribution in [2.45, 2.75) is 19.9 Å². The van der Waals surface area contributed by atoms with Crippen LogP contribution in [0.25, 0.3) is 10.9 Å². The fraction of sp³-hybridized carbons (Fsp3) is 0.429. The van der Waals surface area contributed by atoms with Gasteiger partial charge in [0, 0.05) is 12.4 Å². The average Bonchev–Trinajstić information content (AvgIpc) is 2.43. The second-order valence-electron chi connectivity index (χ2n) is 4.84. The van der Waals surface area contributed by atoms with Gasteiger partial charge in [0.25, 0.3) is 0 Å². The fourth-order valence-corrected chi connectivity index (χ4v) is 1.90. The lowest BCUT2D eigenvalue weighted by Crippen LogP contribution is -2.30. The van der Waals surface area contributed by atoms with Crippen molar-refractivity contribution in [2.75, 3.05) is 24.3 Å². The van der Waals surface area contributed by atoms with E-state index in [1.807, 2.05) is 24.3 Å². The first-order valence-electron chi connectivity index (χ1n) is 6.47. The van der Waals surface area contributed by atoms with Gasteiger partial charge in [-0.15, -0.1) is 0 Å². The van der Waals surface area contributed by atoms with Crippen LogP contribution in [-0.2, 0) is 0 Å². The molecule has 0 aliphatic rings. The number of rotatable bonds is 5. The van der Waals surface area contributed by atoms with Crippen molar-refractivity contribution in [3.05, 3.63) is 24.3 Å². The summed E-state index contributed by atoms with van der Waals surface area (Å²) in [6.07, 6.45) is 0. The van der Waals surface area contributed by atoms with Gasteiger partial charge in [-0.1, -0.05) is 26.0 Å². The molecule has 2 aromatic rings. The largest absolute Gasteiger partial charge is 0.394 e. The first kappa shape index (κ1) is 13.5. The number of hydrogen-bond acceptors (Lipinski definition) is 5. The molecule has 0 saturated heterocycles. The molecule has 0 fully saturated rings. The summed E-state index contributed by atoms with van der Waals surface area (Å²) in [4.78, 5) is 8.85. The summed E-state index contributed by atoms with van der Waals surface area (Å²) in [5.74, 6) is 1.64. The molecule has 19 heavy (non-hydrogen) atoms. The maximum atomic E-state index is 9.43. The highest BCUT2D eigenvalue weighted by molar-refractivity contribution is 5.90. The molecule has 0 aliphatic heterocycles. The van der Waals surface area contributed by atoms with Gasteiger partial charge in [0.1, 0.15) is 5.82 Å². The Kier molecular flexibility index (Phi) is 4.16. The Balaban J connectivity index is 2.45. The second kappa shape index (κ2) is 5.84. The number of aromatic nitrogens is 2. The van der Waals surface area contributed by atoms with Gasteiger partial charge in [-0.2, -0.15) is 4.98 Å². The molecule has 1 aromatic heterocycles. The van der Waals surface area contributed by atoms with Crippen LogP contribution in [0.15, 0.2) is 24.3 Å². The van der Waals surface area contributed by atoms with Gasteiger partial charge in [-0.25, -0.2) is 4.98 Å². The summed E-state index contributed by atoms with van der Waals surface area (Å²) in [7, 11) is 1.79. The number of nitrogens with one attached hydrogen (secondary N) is 2. The Morgan fingerprint density at radius 1 is 1.21 bits per heavy atom. The maximum Gasteiger partial charge on any atom is 0.224 e. The van der Waals surface area contributed by atoms with Crippen LogP contribution >= 0.6 is 0 Å². The number of aliphatic hydroxyl groups excluding tert-OH is 1. The minimum absolute atomic E-state index is 0.0250. The number of anilines is 2. The highest BCUT2D eigenvalue weighted by atomic mass is 16.3. The van der Waals surface area contributed by atoms with Crippen molar-refractivity contribution in [2.24, 2.45) is 5.92 Å². The minimum Gasteiger partial charge on any atom is -0.394 e. The van der Waals surface area contributed by atoms with Gasteiger partial charge < -0.3 is 15.7 Å². The van der Waals surface area contributed by atoms with Crippen molar-refractivity contribution in [1.82, 2.24) is 9.97 Å². The van der Waals surface area contributed by atoms with E-state index in [1.165, 1.54) is 0 Å². The summed E-state index contributed by atoms with van der Waals surface area (Å²) >= 11 is 0. The van der Waals surface area contributed by atoms with Crippen LogP contribution in [0.5, 0.6) is 0 Å². The number of fused-ring (bicyclic) bond motifs is 1. The molecule has 102 valence electrons. The Hall–Kier alpha value is -1.88. The molecule has 5 heteroatoms. The standard InChI is InChI=1S/C14H20N4O/c1-9(2)12(8-19)16-13-10-6-4-5-7-11(10)17-14(15-3)18-13/h4-7,9,12,19H,8H2,1-3H3,(H2,15,16,17,18)/t12-/m1/s1. The van der Waals surface area contributed by atoms with Crippen LogP contribution in [0, 0.1) is 5.92 Å². The molecule has 1 aromatic carbocycles. The number of hydrogen-bond donors (Lipinski definition) is 3. The topological polar surface area (TPSA) is 70.1 Å². The van der Waals surface area contributed by atoms with Crippen LogP contribution < -0.4 is 10.6 Å². The lowest BCUT2D eigenvalue weighted by Gasteiger charge is -2.21. The van der Waals surface area contributed by atoms with Crippen LogP contribution in [0.3, 0.4) is 0 Å². The number of aliphatic hydroxyl groups is 1. The van der Waals surface area contributed by atoms with E-state index in [-0.39, 0.29) is 12.6 Å². The predicted octanol–water partition coefficient (Wildman–Crippen LogP) is 2.10. The first-order chi connectivity index (χ1) is 9.15. The lowest BCUT2D eigenvalue weighted by molar-refractivity contribution is 0.249. The van der Waals surface area contributed by atoms with Gasteiger partial charge in [0.2, 0.25) is 5.95 Å². The normalized spacial score (nSPS) is 12.7. The van der Waals surface area contributed by atoms with E-state index in [4.69, 9.17) is 0 Å². The summed E-state index contributed by atoms with van der Waals surface area (Å²) < 4.78 is 0. The summed E-state index contributed by atoms with van der Waals surface area (Å²) in [6.45, 7) is 4.21. The van der Waals surface area contributed by atoms with E-state index in [1.54, 1.807) is 7.05 Å². The van der Waals surface area contributed by atoms with Crippen LogP contribution in [0.4, 0.5) is 11.8 Å². The van der Waals surface area contributed by atoms with Gasteiger partial charge in [-0.05, 0) is 18.1 Å². The molecule has 1 atom stereocenters. The molecule has 3 N–H and O–H groups in total. The van der Waals surface area contributed by atoms with Crippen molar-refractivity contribution < 1.29 is 5.11 Å². The molecule has 0 bridgehead atoms. The zero-order chi connectivity index (χ0) is 13.8. The summed E-state index contributed by atoms with van der Waals surface area (Å²) in [6, 6.07) is 7.81. The van der Waals surface area contributed by atoms with E-state index in [0.29, 0.717) is 11.9 Å². The molecule has 0 spiro atoms. The SMILES string of the molecule is CNc1nc(N[C@H](CO)C(C)C)c2ccccc2n1. The molecule has 0 aliphatic carbocycles. The summed E-state index contributed by atoms with van der Waals surface area (Å²) in [5, 5.41) is 16.7. The highest BCUT2D eigenvalue weighted by Crippen LogP contribution is 2.23. The van der Waals surface area contributed by atoms with Crippen molar-refractivity contribution >= 4 is 22.7 Å². The van der Waals surface area contributed by atoms with Crippen molar-refractivity contribution in [3.8, 4) is 0 Å². The number of nitrogens with zero attached hydrogens (tertiary/aromatic N) is 2. The Morgan fingerprint density at radius 2 is 1.95 bits per heavy atom. The Labute approximate surface area is 113 Å². The fourth-order valence-electron chi connectivity index (χ4n) is 1.90. The van der Waals surface area contributed by atoms with Crippen molar-refractivity contribution in [3.63, 3.8) is 0 Å². The molecule has 0 radical (unpaired) electrons. The minimum atomic E-state index is -0.0250. The second-order valence-corrected chi connectivity index (χ2v) is 4.84. The predicted molar refractivity (Wildman–Crippen MR) is 78.4 cm³/mol. The number of para-hydroxylation sites is 1. The number of benzene rings is 1. The Morgan fingerprint density at radius 3 is 2.58 bits per heavy atom. The van der Waals surface area contributed by atoms with Crippen molar-refractivity contribution in [1.29, 1.82) is 0 Å². The Bertz CT molecular complexity index is 556. The average molecular weight is 260 g/mol. The van der Waals surface area contributed by atoms with E-state index < -0.39 is 0 Å². The van der Waals surface area contributed by atoms with Gasteiger partial charge in [-0.3, -0.25) is 0 Å². The molecular weight excluding hydrogens is 240 g/mol. The van der Waals surface area contributed by atoms with Crippen LogP contribution in [0.1, 0.15) is 13.8 Å². The third-order valence-corrected chi connectivity index (χ3v) is 3.15. The molecular formula is C14H20N4O. The zero-order valence-electron chi connectivity index (χ0n) is 11.5. The third-order valence-electron chi connectivity index (χ3n) is 3.15. The van der Waals surface area contributed by atoms with E-state index in [0.717, 1.165) is 16.7 Å². The molecule has 0 unspecified atom stereocenters. The van der Waals surface area contributed by atoms with Gasteiger partial charge >= 0.3 is 0 Å². The lowest BCUT2D eigenvalue weighted by atomic mass is 10.1. The smallest absolute Gasteiger partial charge is 0.224 e. The molecule has 1 heterocycles. The monoisotopic (exact) mass is 260 g/mol. The zero-order valence-corrected chi connectivity index (χ0v) is 11.5. The highest BCUT2D eigenvalue weighted by Gasteiger charge is 2.15. The maximum absolute atomic E-state index is 9.43. The van der Waals surface area contributed by atoms with E-state index in [9.17, 15) is 5.11 Å². The van der Waals surface area contributed by atoms with Crippen LogP contribution in [0.2, 0.25) is 0 Å². The van der Waals surface area contributed by atoms with Gasteiger partial charge in [0.15, 0.2) is 0 Å². The molecule has 5 nitrogen and oxygen atoms in total. The van der Waals surface area contributed by atoms with E-state index >= 15 is 0 Å². The quantitative estimate of drug-likeness (QED) is 0.768. The van der Waals surface area contributed by atoms with E-state index in [2.05, 4.69) is 34.4 Å². The summed E-state index contributed by atoms with van der Waals surface area (Å²) in [5.41, 5.74) is 0.879.